The Morgan fingerprint density at radius 1 is 0.900 bits per heavy atom. The first-order chi connectivity index (χ1) is 14.4. The van der Waals surface area contributed by atoms with Crippen LogP contribution in [-0.4, -0.2) is 26.4 Å². The van der Waals surface area contributed by atoms with Crippen molar-refractivity contribution in [3.8, 4) is 5.75 Å². The Hall–Kier alpha value is -2.15. The molecule has 158 valence electrons. The summed E-state index contributed by atoms with van der Waals surface area (Å²) in [5.41, 5.74) is 3.27. The van der Waals surface area contributed by atoms with Gasteiger partial charge in [0.2, 0.25) is 10.0 Å². The van der Waals surface area contributed by atoms with Crippen LogP contribution in [0.2, 0.25) is 0 Å². The molecule has 0 bridgehead atoms. The number of rotatable bonds is 9. The van der Waals surface area contributed by atoms with Crippen LogP contribution in [-0.2, 0) is 29.4 Å². The SMILES string of the molecule is CCN(Cc1ccc(OC)cc1)S(=O)(=O)c1ccc(CCc2ccccc2)c(Br)c1. The number of aryl methyl sites for hydroxylation is 2. The molecular weight excluding hydrogens is 462 g/mol. The monoisotopic (exact) mass is 487 g/mol. The molecule has 30 heavy (non-hydrogen) atoms. The maximum absolute atomic E-state index is 13.2. The molecule has 0 radical (unpaired) electrons. The van der Waals surface area contributed by atoms with E-state index in [9.17, 15) is 8.42 Å². The van der Waals surface area contributed by atoms with Gasteiger partial charge >= 0.3 is 0 Å². The van der Waals surface area contributed by atoms with Gasteiger partial charge in [-0.1, -0.05) is 71.4 Å². The summed E-state index contributed by atoms with van der Waals surface area (Å²) in [4.78, 5) is 0.299. The van der Waals surface area contributed by atoms with Crippen LogP contribution in [0.3, 0.4) is 0 Å². The average molecular weight is 488 g/mol. The smallest absolute Gasteiger partial charge is 0.243 e. The Morgan fingerprint density at radius 2 is 1.60 bits per heavy atom. The molecule has 0 unspecified atom stereocenters. The van der Waals surface area contributed by atoms with Crippen molar-refractivity contribution < 1.29 is 13.2 Å². The number of benzene rings is 3. The van der Waals surface area contributed by atoms with Gasteiger partial charge in [-0.05, 0) is 53.8 Å². The van der Waals surface area contributed by atoms with Gasteiger partial charge in [0.05, 0.1) is 12.0 Å². The average Bonchev–Trinajstić information content (AvgIpc) is 2.77. The highest BCUT2D eigenvalue weighted by atomic mass is 79.9. The molecule has 0 aromatic heterocycles. The maximum atomic E-state index is 13.2. The number of sulfonamides is 1. The summed E-state index contributed by atoms with van der Waals surface area (Å²) < 4.78 is 33.9. The predicted octanol–water partition coefficient (Wildman–Crippen LogP) is 5.45. The molecule has 0 amide bonds. The van der Waals surface area contributed by atoms with Crippen molar-refractivity contribution in [3.05, 3.63) is 94.0 Å². The standard InChI is InChI=1S/C24H26BrNO3S/c1-3-26(18-20-10-14-22(29-2)15-11-20)30(27,28)23-16-13-21(24(25)17-23)12-9-19-7-5-4-6-8-19/h4-8,10-11,13-17H,3,9,12,18H2,1-2H3. The lowest BCUT2D eigenvalue weighted by atomic mass is 10.0. The largest absolute Gasteiger partial charge is 0.497 e. The van der Waals surface area contributed by atoms with Crippen molar-refractivity contribution in [2.75, 3.05) is 13.7 Å². The van der Waals surface area contributed by atoms with E-state index in [-0.39, 0.29) is 0 Å². The summed E-state index contributed by atoms with van der Waals surface area (Å²) in [6, 6.07) is 23.1. The highest BCUT2D eigenvalue weighted by Crippen LogP contribution is 2.26. The van der Waals surface area contributed by atoms with Crippen molar-refractivity contribution in [1.29, 1.82) is 0 Å². The first-order valence-corrected chi connectivity index (χ1v) is 12.1. The molecule has 0 aliphatic heterocycles. The summed E-state index contributed by atoms with van der Waals surface area (Å²) in [5, 5.41) is 0. The maximum Gasteiger partial charge on any atom is 0.243 e. The molecule has 0 saturated heterocycles. The first kappa shape index (κ1) is 22.5. The van der Waals surface area contributed by atoms with Gasteiger partial charge < -0.3 is 4.74 Å². The van der Waals surface area contributed by atoms with Gasteiger partial charge in [0, 0.05) is 17.6 Å². The molecule has 3 rings (SSSR count). The van der Waals surface area contributed by atoms with E-state index in [2.05, 4.69) is 28.1 Å². The van der Waals surface area contributed by atoms with Crippen LogP contribution in [0.5, 0.6) is 5.75 Å². The van der Waals surface area contributed by atoms with Gasteiger partial charge in [0.15, 0.2) is 0 Å². The number of hydrogen-bond donors (Lipinski definition) is 0. The van der Waals surface area contributed by atoms with E-state index in [0.29, 0.717) is 18.0 Å². The minimum absolute atomic E-state index is 0.299. The number of methoxy groups -OCH3 is 1. The zero-order chi connectivity index (χ0) is 21.6. The third-order valence-electron chi connectivity index (χ3n) is 5.06. The van der Waals surface area contributed by atoms with Crippen molar-refractivity contribution in [1.82, 2.24) is 4.31 Å². The lowest BCUT2D eigenvalue weighted by Gasteiger charge is -2.21. The third-order valence-corrected chi connectivity index (χ3v) is 7.71. The van der Waals surface area contributed by atoms with Gasteiger partial charge in [0.1, 0.15) is 5.75 Å². The van der Waals surface area contributed by atoms with Gasteiger partial charge in [0.25, 0.3) is 0 Å². The topological polar surface area (TPSA) is 46.6 Å². The van der Waals surface area contributed by atoms with Crippen molar-refractivity contribution in [2.45, 2.75) is 31.2 Å². The summed E-state index contributed by atoms with van der Waals surface area (Å²) >= 11 is 3.57. The van der Waals surface area contributed by atoms with Crippen LogP contribution in [0.15, 0.2) is 82.2 Å². The van der Waals surface area contributed by atoms with E-state index < -0.39 is 10.0 Å². The quantitative estimate of drug-likeness (QED) is 0.402. The predicted molar refractivity (Wildman–Crippen MR) is 124 cm³/mol. The van der Waals surface area contributed by atoms with E-state index >= 15 is 0 Å². The van der Waals surface area contributed by atoms with E-state index in [1.807, 2.05) is 55.5 Å². The van der Waals surface area contributed by atoms with Crippen molar-refractivity contribution in [3.63, 3.8) is 0 Å². The zero-order valence-corrected chi connectivity index (χ0v) is 19.6. The van der Waals surface area contributed by atoms with Crippen LogP contribution in [0.4, 0.5) is 0 Å². The normalized spacial score (nSPS) is 11.6. The highest BCUT2D eigenvalue weighted by Gasteiger charge is 2.24. The lowest BCUT2D eigenvalue weighted by molar-refractivity contribution is 0.412. The highest BCUT2D eigenvalue weighted by molar-refractivity contribution is 9.10. The number of nitrogens with zero attached hydrogens (tertiary/aromatic N) is 1. The molecule has 0 aliphatic rings. The number of hydrogen-bond acceptors (Lipinski definition) is 3. The molecule has 0 aliphatic carbocycles. The zero-order valence-electron chi connectivity index (χ0n) is 17.2. The molecule has 0 fully saturated rings. The van der Waals surface area contributed by atoms with Gasteiger partial charge in [-0.2, -0.15) is 4.31 Å². The van der Waals surface area contributed by atoms with Gasteiger partial charge in [-0.3, -0.25) is 0 Å². The molecular formula is C24H26BrNO3S. The Morgan fingerprint density at radius 3 is 2.20 bits per heavy atom. The van der Waals surface area contributed by atoms with Crippen LogP contribution < -0.4 is 4.74 Å². The molecule has 6 heteroatoms. The van der Waals surface area contributed by atoms with Gasteiger partial charge in [-0.15, -0.1) is 0 Å². The Bertz CT molecular complexity index is 1070. The minimum atomic E-state index is -3.60. The Balaban J connectivity index is 1.75. The van der Waals surface area contributed by atoms with Crippen LogP contribution in [0.25, 0.3) is 0 Å². The van der Waals surface area contributed by atoms with Crippen molar-refractivity contribution in [2.24, 2.45) is 0 Å². The van der Waals surface area contributed by atoms with Crippen LogP contribution in [0, 0.1) is 0 Å². The molecule has 0 N–H and O–H groups in total. The van der Waals surface area contributed by atoms with E-state index in [0.717, 1.165) is 34.2 Å². The molecule has 4 nitrogen and oxygen atoms in total. The molecule has 0 atom stereocenters. The van der Waals surface area contributed by atoms with Crippen LogP contribution in [0.1, 0.15) is 23.6 Å². The van der Waals surface area contributed by atoms with Gasteiger partial charge in [-0.25, -0.2) is 8.42 Å². The second-order valence-electron chi connectivity index (χ2n) is 7.02. The Labute approximate surface area is 187 Å². The summed E-state index contributed by atoms with van der Waals surface area (Å²) in [5.74, 6) is 0.750. The molecule has 3 aromatic carbocycles. The summed E-state index contributed by atoms with van der Waals surface area (Å²) in [6.07, 6.45) is 1.75. The fraction of sp³-hybridized carbons (Fsp3) is 0.250. The second kappa shape index (κ2) is 10.2. The Kier molecular flexibility index (Phi) is 7.69. The van der Waals surface area contributed by atoms with Crippen molar-refractivity contribution >= 4 is 26.0 Å². The summed E-state index contributed by atoms with van der Waals surface area (Å²) in [7, 11) is -1.99. The minimum Gasteiger partial charge on any atom is -0.497 e. The first-order valence-electron chi connectivity index (χ1n) is 9.89. The second-order valence-corrected chi connectivity index (χ2v) is 9.81. The van der Waals surface area contributed by atoms with E-state index in [1.165, 1.54) is 9.87 Å². The molecule has 0 saturated carbocycles. The van der Waals surface area contributed by atoms with Crippen LogP contribution >= 0.6 is 15.9 Å². The van der Waals surface area contributed by atoms with E-state index in [4.69, 9.17) is 4.74 Å². The van der Waals surface area contributed by atoms with E-state index in [1.54, 1.807) is 19.2 Å². The number of halogens is 1. The molecule has 0 heterocycles. The summed E-state index contributed by atoms with van der Waals surface area (Å²) in [6.45, 7) is 2.56. The molecule has 0 spiro atoms. The lowest BCUT2D eigenvalue weighted by Crippen LogP contribution is -2.30. The number of ether oxygens (including phenoxy) is 1. The fourth-order valence-electron chi connectivity index (χ4n) is 3.27. The molecule has 3 aromatic rings. The third kappa shape index (κ3) is 5.50. The fourth-order valence-corrected chi connectivity index (χ4v) is 5.46.